The lowest BCUT2D eigenvalue weighted by Crippen LogP contribution is -2.14. The first-order valence-corrected chi connectivity index (χ1v) is 11.6. The molecule has 10 heteroatoms. The van der Waals surface area contributed by atoms with Crippen molar-refractivity contribution in [2.45, 2.75) is 5.16 Å². The number of thioether (sulfide) groups is 1. The average Bonchev–Trinajstić information content (AvgIpc) is 3.45. The Morgan fingerprint density at radius 3 is 2.39 bits per heavy atom. The number of halogens is 2. The zero-order valence-corrected chi connectivity index (χ0v) is 19.3. The van der Waals surface area contributed by atoms with E-state index < -0.39 is 0 Å². The van der Waals surface area contributed by atoms with E-state index in [1.54, 1.807) is 42.5 Å². The summed E-state index contributed by atoms with van der Waals surface area (Å²) in [5.41, 5.74) is 2.30. The van der Waals surface area contributed by atoms with Gasteiger partial charge in [0.2, 0.25) is 12.7 Å². The van der Waals surface area contributed by atoms with Crippen LogP contribution in [0.15, 0.2) is 71.9 Å². The number of amides is 1. The van der Waals surface area contributed by atoms with Gasteiger partial charge < -0.3 is 14.8 Å². The number of nitrogens with one attached hydrogen (secondary N) is 1. The number of nitrogens with zero attached hydrogens (tertiary/aromatic N) is 3. The fourth-order valence-corrected chi connectivity index (χ4v) is 4.28. The Bertz CT molecular complexity index is 1310. The van der Waals surface area contributed by atoms with Crippen molar-refractivity contribution in [2.24, 2.45) is 0 Å². The molecule has 0 atom stereocenters. The Balaban J connectivity index is 1.37. The molecule has 0 bridgehead atoms. The third kappa shape index (κ3) is 4.78. The number of carbonyl (C=O) groups is 1. The van der Waals surface area contributed by atoms with Gasteiger partial charge in [-0.3, -0.25) is 9.36 Å². The van der Waals surface area contributed by atoms with Crippen LogP contribution < -0.4 is 14.8 Å². The van der Waals surface area contributed by atoms with E-state index in [0.717, 1.165) is 11.3 Å². The monoisotopic (exact) mass is 498 g/mol. The molecule has 0 fully saturated rings. The van der Waals surface area contributed by atoms with E-state index in [4.69, 9.17) is 32.7 Å². The van der Waals surface area contributed by atoms with E-state index >= 15 is 0 Å². The van der Waals surface area contributed by atoms with Crippen molar-refractivity contribution in [3.8, 4) is 28.6 Å². The van der Waals surface area contributed by atoms with Crippen LogP contribution in [0.5, 0.6) is 11.5 Å². The summed E-state index contributed by atoms with van der Waals surface area (Å²) in [6, 6.07) is 20.0. The van der Waals surface area contributed by atoms with Gasteiger partial charge in [0.05, 0.1) is 5.75 Å². The van der Waals surface area contributed by atoms with E-state index in [0.29, 0.717) is 38.2 Å². The first-order chi connectivity index (χ1) is 16.1. The molecule has 7 nitrogen and oxygen atoms in total. The van der Waals surface area contributed by atoms with E-state index in [9.17, 15) is 4.79 Å². The molecule has 1 amide bonds. The molecule has 0 aliphatic carbocycles. The summed E-state index contributed by atoms with van der Waals surface area (Å²) in [7, 11) is 0. The van der Waals surface area contributed by atoms with Crippen molar-refractivity contribution in [2.75, 3.05) is 17.9 Å². The molecule has 1 aliphatic heterocycles. The highest BCUT2D eigenvalue weighted by atomic mass is 35.5. The molecule has 1 aromatic heterocycles. The number of hydrogen-bond donors (Lipinski definition) is 1. The van der Waals surface area contributed by atoms with Crippen LogP contribution in [0.2, 0.25) is 10.0 Å². The lowest BCUT2D eigenvalue weighted by atomic mass is 10.2. The number of aromatic nitrogens is 3. The van der Waals surface area contributed by atoms with Gasteiger partial charge in [0.15, 0.2) is 22.5 Å². The van der Waals surface area contributed by atoms with Crippen LogP contribution in [0.25, 0.3) is 17.1 Å². The van der Waals surface area contributed by atoms with E-state index in [1.165, 1.54) is 11.8 Å². The Morgan fingerprint density at radius 1 is 0.939 bits per heavy atom. The van der Waals surface area contributed by atoms with Crippen molar-refractivity contribution < 1.29 is 14.3 Å². The van der Waals surface area contributed by atoms with E-state index in [2.05, 4.69) is 15.5 Å². The second-order valence-corrected chi connectivity index (χ2v) is 8.85. The summed E-state index contributed by atoms with van der Waals surface area (Å²) in [4.78, 5) is 12.6. The smallest absolute Gasteiger partial charge is 0.234 e. The molecular formula is C23H16Cl2N4O3S. The average molecular weight is 499 g/mol. The normalized spacial score (nSPS) is 12.1. The SMILES string of the molecule is O=C(CSc1nnc(-c2ccc(Cl)cc2)n1-c1ccc(Cl)cc1)Nc1ccc2c(c1)OCO2. The summed E-state index contributed by atoms with van der Waals surface area (Å²) < 4.78 is 12.5. The van der Waals surface area contributed by atoms with Crippen molar-refractivity contribution in [3.63, 3.8) is 0 Å². The number of anilines is 1. The van der Waals surface area contributed by atoms with Crippen molar-refractivity contribution >= 4 is 46.6 Å². The van der Waals surface area contributed by atoms with Crippen molar-refractivity contribution in [1.29, 1.82) is 0 Å². The lowest BCUT2D eigenvalue weighted by molar-refractivity contribution is -0.113. The van der Waals surface area contributed by atoms with Gasteiger partial charge in [-0.05, 0) is 60.7 Å². The topological polar surface area (TPSA) is 78.3 Å². The second kappa shape index (κ2) is 9.35. The van der Waals surface area contributed by atoms with Gasteiger partial charge in [0.1, 0.15) is 0 Å². The van der Waals surface area contributed by atoms with Gasteiger partial charge in [0.25, 0.3) is 0 Å². The Kier molecular flexibility index (Phi) is 6.13. The molecule has 0 saturated carbocycles. The fourth-order valence-electron chi connectivity index (χ4n) is 3.27. The maximum atomic E-state index is 12.6. The third-order valence-corrected chi connectivity index (χ3v) is 6.24. The number of rotatable bonds is 6. The summed E-state index contributed by atoms with van der Waals surface area (Å²) in [5.74, 6) is 1.86. The molecule has 1 N–H and O–H groups in total. The van der Waals surface area contributed by atoms with Crippen molar-refractivity contribution in [3.05, 3.63) is 76.8 Å². The minimum absolute atomic E-state index is 0.140. The molecule has 5 rings (SSSR count). The molecule has 166 valence electrons. The maximum absolute atomic E-state index is 12.6. The number of hydrogen-bond acceptors (Lipinski definition) is 6. The highest BCUT2D eigenvalue weighted by Gasteiger charge is 2.18. The fraction of sp³-hybridized carbons (Fsp3) is 0.0870. The molecule has 2 heterocycles. The van der Waals surface area contributed by atoms with E-state index in [1.807, 2.05) is 28.8 Å². The van der Waals surface area contributed by atoms with Crippen LogP contribution in [0.4, 0.5) is 5.69 Å². The zero-order chi connectivity index (χ0) is 22.8. The molecule has 0 unspecified atom stereocenters. The minimum atomic E-state index is -0.183. The quantitative estimate of drug-likeness (QED) is 0.343. The molecule has 1 aliphatic rings. The standard InChI is InChI=1S/C23H16Cl2N4O3S/c24-15-3-1-14(2-4-15)22-27-28-23(29(22)18-8-5-16(25)6-9-18)33-12-21(30)26-17-7-10-19-20(11-17)32-13-31-19/h1-11H,12-13H2,(H,26,30). The van der Waals surface area contributed by atoms with Gasteiger partial charge in [-0.15, -0.1) is 10.2 Å². The van der Waals surface area contributed by atoms with Crippen LogP contribution in [-0.4, -0.2) is 33.2 Å². The summed E-state index contributed by atoms with van der Waals surface area (Å²) in [6.07, 6.45) is 0. The zero-order valence-electron chi connectivity index (χ0n) is 17.0. The van der Waals surface area contributed by atoms with Gasteiger partial charge in [0, 0.05) is 33.0 Å². The van der Waals surface area contributed by atoms with Gasteiger partial charge in [-0.25, -0.2) is 0 Å². The predicted molar refractivity (Wildman–Crippen MR) is 129 cm³/mol. The molecule has 4 aromatic rings. The Morgan fingerprint density at radius 2 is 1.64 bits per heavy atom. The minimum Gasteiger partial charge on any atom is -0.454 e. The number of fused-ring (bicyclic) bond motifs is 1. The molecule has 0 saturated heterocycles. The Labute approximate surface area is 203 Å². The van der Waals surface area contributed by atoms with Crippen molar-refractivity contribution in [1.82, 2.24) is 14.8 Å². The summed E-state index contributed by atoms with van der Waals surface area (Å²) in [6.45, 7) is 0.179. The lowest BCUT2D eigenvalue weighted by Gasteiger charge is -2.11. The van der Waals surface area contributed by atoms with E-state index in [-0.39, 0.29) is 18.5 Å². The maximum Gasteiger partial charge on any atom is 0.234 e. The molecule has 3 aromatic carbocycles. The van der Waals surface area contributed by atoms with Gasteiger partial charge in [-0.1, -0.05) is 35.0 Å². The molecular weight excluding hydrogens is 483 g/mol. The highest BCUT2D eigenvalue weighted by molar-refractivity contribution is 7.99. The number of benzene rings is 3. The van der Waals surface area contributed by atoms with Crippen LogP contribution in [0, 0.1) is 0 Å². The number of carbonyl (C=O) groups excluding carboxylic acids is 1. The van der Waals surface area contributed by atoms with Crippen LogP contribution in [-0.2, 0) is 4.79 Å². The molecule has 0 spiro atoms. The summed E-state index contributed by atoms with van der Waals surface area (Å²) >= 11 is 13.4. The van der Waals surface area contributed by atoms with Crippen LogP contribution >= 0.6 is 35.0 Å². The van der Waals surface area contributed by atoms with Crippen LogP contribution in [0.1, 0.15) is 0 Å². The first kappa shape index (κ1) is 21.6. The predicted octanol–water partition coefficient (Wildman–Crippen LogP) is 5.70. The first-order valence-electron chi connectivity index (χ1n) is 9.86. The van der Waals surface area contributed by atoms with Gasteiger partial charge in [-0.2, -0.15) is 0 Å². The molecule has 33 heavy (non-hydrogen) atoms. The third-order valence-electron chi connectivity index (χ3n) is 4.81. The van der Waals surface area contributed by atoms with Crippen LogP contribution in [0.3, 0.4) is 0 Å². The molecule has 0 radical (unpaired) electrons. The largest absolute Gasteiger partial charge is 0.454 e. The van der Waals surface area contributed by atoms with Gasteiger partial charge >= 0.3 is 0 Å². The number of ether oxygens (including phenoxy) is 2. The highest BCUT2D eigenvalue weighted by Crippen LogP contribution is 2.34. The Hall–Kier alpha value is -3.20. The second-order valence-electron chi connectivity index (χ2n) is 7.03. The summed E-state index contributed by atoms with van der Waals surface area (Å²) in [5, 5.41) is 13.4.